The zero-order chi connectivity index (χ0) is 18.3. The predicted octanol–water partition coefficient (Wildman–Crippen LogP) is 3.02. The van der Waals surface area contributed by atoms with E-state index in [1.165, 1.54) is 0 Å². The molecule has 1 aliphatic heterocycles. The number of rotatable bonds is 2. The van der Waals surface area contributed by atoms with Gasteiger partial charge in [0.2, 0.25) is 0 Å². The third-order valence-electron chi connectivity index (χ3n) is 5.30. The van der Waals surface area contributed by atoms with Crippen molar-refractivity contribution in [2.24, 2.45) is 11.3 Å². The zero-order valence-electron chi connectivity index (χ0n) is 15.5. The smallest absolute Gasteiger partial charge is 0.185 e. The van der Waals surface area contributed by atoms with Gasteiger partial charge in [-0.2, -0.15) is 4.52 Å². The second kappa shape index (κ2) is 6.36. The van der Waals surface area contributed by atoms with Crippen molar-refractivity contribution in [1.82, 2.24) is 19.8 Å². The number of fused-ring (bicyclic) bond motifs is 1. The van der Waals surface area contributed by atoms with Gasteiger partial charge in [-0.25, -0.2) is 0 Å². The van der Waals surface area contributed by atoms with Crippen LogP contribution in [0.4, 0.5) is 5.82 Å². The molecule has 0 unspecified atom stereocenters. The maximum atomic E-state index is 10.6. The van der Waals surface area contributed by atoms with E-state index < -0.39 is 0 Å². The number of piperidine rings is 1. The normalized spacial score (nSPS) is 21.3. The van der Waals surface area contributed by atoms with Crippen LogP contribution in [0, 0.1) is 11.3 Å². The summed E-state index contributed by atoms with van der Waals surface area (Å²) >= 11 is 0. The number of aromatic nitrogens is 4. The molecule has 1 aromatic carbocycles. The number of β-amino-alcohol motifs (C(OH)–C–C–N with tert-alkyl or cyclic N) is 1. The molecule has 1 fully saturated rings. The summed E-state index contributed by atoms with van der Waals surface area (Å²) in [5.41, 5.74) is 1.81. The second-order valence-electron chi connectivity index (χ2n) is 8.13. The van der Waals surface area contributed by atoms with Gasteiger partial charge in [0.15, 0.2) is 11.5 Å². The molecule has 136 valence electrons. The van der Waals surface area contributed by atoms with Gasteiger partial charge in [-0.15, -0.1) is 15.3 Å². The molecular weight excluding hydrogens is 326 g/mol. The van der Waals surface area contributed by atoms with Gasteiger partial charge < -0.3 is 10.0 Å². The van der Waals surface area contributed by atoms with Crippen LogP contribution in [0.1, 0.15) is 27.2 Å². The summed E-state index contributed by atoms with van der Waals surface area (Å²) in [6, 6.07) is 13.8. The fraction of sp³-hybridized carbons (Fsp3) is 0.450. The quantitative estimate of drug-likeness (QED) is 0.769. The summed E-state index contributed by atoms with van der Waals surface area (Å²) in [5, 5.41) is 23.9. The Morgan fingerprint density at radius 1 is 1.04 bits per heavy atom. The number of benzene rings is 1. The number of nitrogens with zero attached hydrogens (tertiary/aromatic N) is 5. The summed E-state index contributed by atoms with van der Waals surface area (Å²) in [6.45, 7) is 8.09. The van der Waals surface area contributed by atoms with Gasteiger partial charge in [0, 0.05) is 18.7 Å². The van der Waals surface area contributed by atoms with Crippen LogP contribution in [0.2, 0.25) is 0 Å². The predicted molar refractivity (Wildman–Crippen MR) is 102 cm³/mol. The molecule has 3 aromatic rings. The number of anilines is 1. The van der Waals surface area contributed by atoms with E-state index in [4.69, 9.17) is 5.10 Å². The molecule has 0 spiro atoms. The monoisotopic (exact) mass is 351 g/mol. The van der Waals surface area contributed by atoms with Crippen molar-refractivity contribution in [1.29, 1.82) is 0 Å². The highest BCUT2D eigenvalue weighted by molar-refractivity contribution is 5.59. The van der Waals surface area contributed by atoms with Gasteiger partial charge in [-0.05, 0) is 29.9 Å². The fourth-order valence-electron chi connectivity index (χ4n) is 3.86. The highest BCUT2D eigenvalue weighted by Crippen LogP contribution is 2.35. The topological polar surface area (TPSA) is 66.6 Å². The van der Waals surface area contributed by atoms with Crippen LogP contribution in [-0.4, -0.2) is 44.1 Å². The van der Waals surface area contributed by atoms with Crippen molar-refractivity contribution < 1.29 is 5.11 Å². The number of aliphatic hydroxyl groups is 1. The lowest BCUT2D eigenvalue weighted by Crippen LogP contribution is -2.48. The molecule has 1 N–H and O–H groups in total. The molecule has 4 rings (SSSR count). The van der Waals surface area contributed by atoms with Crippen LogP contribution in [0.25, 0.3) is 17.0 Å². The molecule has 2 aromatic heterocycles. The van der Waals surface area contributed by atoms with Crippen LogP contribution in [0.3, 0.4) is 0 Å². The molecule has 2 atom stereocenters. The zero-order valence-corrected chi connectivity index (χ0v) is 15.5. The van der Waals surface area contributed by atoms with E-state index in [2.05, 4.69) is 35.9 Å². The van der Waals surface area contributed by atoms with Crippen LogP contribution in [0.15, 0.2) is 42.5 Å². The van der Waals surface area contributed by atoms with E-state index in [1.807, 2.05) is 42.5 Å². The van der Waals surface area contributed by atoms with Crippen LogP contribution < -0.4 is 4.90 Å². The van der Waals surface area contributed by atoms with Crippen molar-refractivity contribution in [2.45, 2.75) is 33.3 Å². The van der Waals surface area contributed by atoms with Crippen molar-refractivity contribution in [3.63, 3.8) is 0 Å². The third kappa shape index (κ3) is 3.05. The Labute approximate surface area is 153 Å². The average Bonchev–Trinajstić information content (AvgIpc) is 3.04. The lowest BCUT2D eigenvalue weighted by Gasteiger charge is -2.42. The van der Waals surface area contributed by atoms with Gasteiger partial charge in [-0.1, -0.05) is 51.1 Å². The van der Waals surface area contributed by atoms with Gasteiger partial charge in [-0.3, -0.25) is 0 Å². The lowest BCUT2D eigenvalue weighted by atomic mass is 9.74. The Bertz CT molecular complexity index is 899. The van der Waals surface area contributed by atoms with Gasteiger partial charge in [0.1, 0.15) is 5.82 Å². The molecule has 0 saturated carbocycles. The van der Waals surface area contributed by atoms with Crippen molar-refractivity contribution in [2.75, 3.05) is 18.0 Å². The average molecular weight is 351 g/mol. The largest absolute Gasteiger partial charge is 0.391 e. The molecule has 3 heterocycles. The standard InChI is InChI=1S/C20H25N5O/c1-20(2,3)15-11-12-24(13-16(15)26)18-10-9-17-21-22-19(25(17)23-18)14-7-5-4-6-8-14/h4-10,15-16,26H,11-13H2,1-3H3/t15-,16-/m1/s1. The molecule has 0 radical (unpaired) electrons. The van der Waals surface area contributed by atoms with E-state index >= 15 is 0 Å². The van der Waals surface area contributed by atoms with E-state index in [9.17, 15) is 5.11 Å². The number of hydrogen-bond acceptors (Lipinski definition) is 5. The summed E-state index contributed by atoms with van der Waals surface area (Å²) in [7, 11) is 0. The number of hydrogen-bond donors (Lipinski definition) is 1. The minimum Gasteiger partial charge on any atom is -0.391 e. The Balaban J connectivity index is 1.64. The van der Waals surface area contributed by atoms with Crippen molar-refractivity contribution in [3.05, 3.63) is 42.5 Å². The highest BCUT2D eigenvalue weighted by Gasteiger charge is 2.36. The summed E-state index contributed by atoms with van der Waals surface area (Å²) in [5.74, 6) is 1.88. The molecule has 0 aliphatic carbocycles. The van der Waals surface area contributed by atoms with Crippen LogP contribution in [0.5, 0.6) is 0 Å². The van der Waals surface area contributed by atoms with Gasteiger partial charge in [0.25, 0.3) is 0 Å². The first-order valence-corrected chi connectivity index (χ1v) is 9.14. The van der Waals surface area contributed by atoms with E-state index in [0.717, 1.165) is 35.8 Å². The Hall–Kier alpha value is -2.47. The molecule has 1 saturated heterocycles. The molecular formula is C20H25N5O. The Kier molecular flexibility index (Phi) is 4.15. The highest BCUT2D eigenvalue weighted by atomic mass is 16.3. The van der Waals surface area contributed by atoms with E-state index in [1.54, 1.807) is 4.52 Å². The second-order valence-corrected chi connectivity index (χ2v) is 8.13. The molecule has 1 aliphatic rings. The molecule has 6 nitrogen and oxygen atoms in total. The summed E-state index contributed by atoms with van der Waals surface area (Å²) < 4.78 is 1.78. The first-order valence-electron chi connectivity index (χ1n) is 9.14. The molecule has 0 bridgehead atoms. The van der Waals surface area contributed by atoms with E-state index in [-0.39, 0.29) is 11.5 Å². The molecule has 26 heavy (non-hydrogen) atoms. The minimum atomic E-state index is -0.351. The van der Waals surface area contributed by atoms with Gasteiger partial charge >= 0.3 is 0 Å². The number of aliphatic hydroxyl groups excluding tert-OH is 1. The molecule has 0 amide bonds. The lowest BCUT2D eigenvalue weighted by molar-refractivity contribution is 0.0291. The maximum Gasteiger partial charge on any atom is 0.185 e. The minimum absolute atomic E-state index is 0.109. The Morgan fingerprint density at radius 2 is 1.81 bits per heavy atom. The summed E-state index contributed by atoms with van der Waals surface area (Å²) in [4.78, 5) is 2.15. The summed E-state index contributed by atoms with van der Waals surface area (Å²) in [6.07, 6.45) is 0.605. The van der Waals surface area contributed by atoms with Crippen molar-refractivity contribution in [3.8, 4) is 11.4 Å². The van der Waals surface area contributed by atoms with Crippen LogP contribution >= 0.6 is 0 Å². The van der Waals surface area contributed by atoms with Gasteiger partial charge in [0.05, 0.1) is 6.10 Å². The molecule has 6 heteroatoms. The third-order valence-corrected chi connectivity index (χ3v) is 5.30. The fourth-order valence-corrected chi connectivity index (χ4v) is 3.86. The van der Waals surface area contributed by atoms with Crippen molar-refractivity contribution >= 4 is 11.5 Å². The first-order chi connectivity index (χ1) is 12.4. The SMILES string of the molecule is CC(C)(C)[C@@H]1CCN(c2ccc3nnc(-c4ccccc4)n3n2)C[C@H]1O. The van der Waals surface area contributed by atoms with Crippen LogP contribution in [-0.2, 0) is 0 Å². The van der Waals surface area contributed by atoms with E-state index in [0.29, 0.717) is 12.5 Å². The Morgan fingerprint density at radius 3 is 2.50 bits per heavy atom. The first kappa shape index (κ1) is 17.0. The maximum absolute atomic E-state index is 10.6.